The molecule has 0 aliphatic rings. The first-order chi connectivity index (χ1) is 6.96. The van der Waals surface area contributed by atoms with E-state index in [1.165, 1.54) is 0 Å². The van der Waals surface area contributed by atoms with Crippen LogP contribution in [0.1, 0.15) is 48.5 Å². The van der Waals surface area contributed by atoms with Gasteiger partial charge in [-0.2, -0.15) is 0 Å². The molecule has 0 rings (SSSR count). The van der Waals surface area contributed by atoms with Crippen molar-refractivity contribution in [2.45, 2.75) is 65.8 Å². The summed E-state index contributed by atoms with van der Waals surface area (Å²) in [5.41, 5.74) is -1.22. The van der Waals surface area contributed by atoms with Gasteiger partial charge in [-0.05, 0) is 33.1 Å². The summed E-state index contributed by atoms with van der Waals surface area (Å²) in [5, 5.41) is 10.1. The third-order valence-electron chi connectivity index (χ3n) is 2.79. The molecule has 0 heterocycles. The van der Waals surface area contributed by atoms with Crippen LogP contribution in [0.25, 0.3) is 0 Å². The Bertz CT molecular complexity index is 210. The summed E-state index contributed by atoms with van der Waals surface area (Å²) in [6, 6.07) is 0. The van der Waals surface area contributed by atoms with Gasteiger partial charge < -0.3 is 14.6 Å². The monoisotopic (exact) mass is 232 g/mol. The van der Waals surface area contributed by atoms with Crippen LogP contribution in [0.3, 0.4) is 0 Å². The fourth-order valence-electron chi connectivity index (χ4n) is 1.99. The average Bonchev–Trinajstić information content (AvgIpc) is 1.98. The van der Waals surface area contributed by atoms with Gasteiger partial charge >= 0.3 is 0 Å². The van der Waals surface area contributed by atoms with Crippen molar-refractivity contribution in [2.24, 2.45) is 5.41 Å². The van der Waals surface area contributed by atoms with Crippen LogP contribution < -0.4 is 0 Å². The van der Waals surface area contributed by atoms with E-state index in [1.807, 2.05) is 20.8 Å². The number of methoxy groups -OCH3 is 1. The Morgan fingerprint density at radius 1 is 1.06 bits per heavy atom. The van der Waals surface area contributed by atoms with E-state index in [4.69, 9.17) is 9.47 Å². The maximum absolute atomic E-state index is 10.1. The highest BCUT2D eigenvalue weighted by atomic mass is 16.6. The first-order valence-corrected chi connectivity index (χ1v) is 5.83. The Balaban J connectivity index is 5.28. The quantitative estimate of drug-likeness (QED) is 0.809. The number of ether oxygens (including phenoxy) is 2. The van der Waals surface area contributed by atoms with Crippen LogP contribution in [0.2, 0.25) is 0 Å². The van der Waals surface area contributed by atoms with Crippen molar-refractivity contribution < 1.29 is 14.6 Å². The zero-order valence-corrected chi connectivity index (χ0v) is 12.0. The maximum Gasteiger partial charge on any atom is 0.122 e. The summed E-state index contributed by atoms with van der Waals surface area (Å²) in [6.45, 7) is 14.3. The van der Waals surface area contributed by atoms with Crippen molar-refractivity contribution in [3.63, 3.8) is 0 Å². The summed E-state index contributed by atoms with van der Waals surface area (Å²) < 4.78 is 11.4. The van der Waals surface area contributed by atoms with Crippen LogP contribution in [-0.2, 0) is 9.47 Å². The van der Waals surface area contributed by atoms with E-state index in [-0.39, 0.29) is 11.0 Å². The summed E-state index contributed by atoms with van der Waals surface area (Å²) in [5.74, 6) is 0. The molecule has 16 heavy (non-hydrogen) atoms. The van der Waals surface area contributed by atoms with Gasteiger partial charge in [-0.3, -0.25) is 0 Å². The van der Waals surface area contributed by atoms with Gasteiger partial charge in [0.15, 0.2) is 0 Å². The molecule has 0 aromatic carbocycles. The molecule has 0 aromatic rings. The zero-order chi connectivity index (χ0) is 13.2. The first-order valence-electron chi connectivity index (χ1n) is 5.83. The molecular formula is C13H28O3. The lowest BCUT2D eigenvalue weighted by molar-refractivity contribution is -0.244. The number of hydrogen-bond acceptors (Lipinski definition) is 3. The minimum absolute atomic E-state index is 0.204. The molecule has 3 nitrogen and oxygen atoms in total. The van der Waals surface area contributed by atoms with Crippen LogP contribution in [-0.4, -0.2) is 36.1 Å². The Kier molecular flexibility index (Phi) is 4.99. The zero-order valence-electron chi connectivity index (χ0n) is 12.0. The van der Waals surface area contributed by atoms with E-state index in [0.29, 0.717) is 6.61 Å². The Labute approximate surface area is 100 Å². The molecule has 0 spiro atoms. The van der Waals surface area contributed by atoms with E-state index in [0.717, 1.165) is 0 Å². The van der Waals surface area contributed by atoms with Crippen LogP contribution in [0.4, 0.5) is 0 Å². The molecule has 2 unspecified atom stereocenters. The van der Waals surface area contributed by atoms with Crippen molar-refractivity contribution in [3.8, 4) is 0 Å². The van der Waals surface area contributed by atoms with Gasteiger partial charge in [0.2, 0.25) is 0 Å². The number of hydrogen-bond donors (Lipinski definition) is 1. The van der Waals surface area contributed by atoms with Crippen molar-refractivity contribution in [3.05, 3.63) is 0 Å². The van der Waals surface area contributed by atoms with Crippen LogP contribution in [0.15, 0.2) is 0 Å². The molecule has 0 bridgehead atoms. The third kappa shape index (κ3) is 3.72. The molecule has 1 N–H and O–H groups in total. The highest BCUT2D eigenvalue weighted by Gasteiger charge is 2.49. The topological polar surface area (TPSA) is 38.7 Å². The van der Waals surface area contributed by atoms with Crippen molar-refractivity contribution in [2.75, 3.05) is 13.7 Å². The molecule has 0 aliphatic heterocycles. The van der Waals surface area contributed by atoms with Gasteiger partial charge in [-0.1, -0.05) is 20.8 Å². The molecule has 0 aliphatic carbocycles. The predicted molar refractivity (Wildman–Crippen MR) is 66.6 cm³/mol. The number of aliphatic hydroxyl groups is 1. The summed E-state index contributed by atoms with van der Waals surface area (Å²) in [4.78, 5) is 0. The fraction of sp³-hybridized carbons (Fsp3) is 1.00. The van der Waals surface area contributed by atoms with Crippen LogP contribution >= 0.6 is 0 Å². The second-order valence-electron chi connectivity index (χ2n) is 6.46. The molecule has 0 saturated carbocycles. The SMILES string of the molecule is COCC(OC(C)(C)C)(C(C)O)C(C)(C)C. The number of rotatable bonds is 4. The molecule has 0 amide bonds. The summed E-state index contributed by atoms with van der Waals surface area (Å²) >= 11 is 0. The van der Waals surface area contributed by atoms with Crippen LogP contribution in [0.5, 0.6) is 0 Å². The lowest BCUT2D eigenvalue weighted by Crippen LogP contribution is -2.59. The Morgan fingerprint density at radius 2 is 1.50 bits per heavy atom. The molecule has 3 heteroatoms. The largest absolute Gasteiger partial charge is 0.390 e. The Hall–Kier alpha value is -0.120. The average molecular weight is 232 g/mol. The Morgan fingerprint density at radius 3 is 1.69 bits per heavy atom. The van der Waals surface area contributed by atoms with Gasteiger partial charge in [0.25, 0.3) is 0 Å². The fourth-order valence-corrected chi connectivity index (χ4v) is 1.99. The molecule has 0 radical (unpaired) electrons. The van der Waals surface area contributed by atoms with E-state index in [1.54, 1.807) is 14.0 Å². The molecule has 0 saturated heterocycles. The lowest BCUT2D eigenvalue weighted by atomic mass is 9.73. The van der Waals surface area contributed by atoms with E-state index in [9.17, 15) is 5.11 Å². The standard InChI is InChI=1S/C13H28O3/c1-10(14)13(9-15-8,11(2,3)4)16-12(5,6)7/h10,14H,9H2,1-8H3. The van der Waals surface area contributed by atoms with E-state index >= 15 is 0 Å². The van der Waals surface area contributed by atoms with Gasteiger partial charge in [0.05, 0.1) is 18.3 Å². The minimum Gasteiger partial charge on any atom is -0.390 e. The minimum atomic E-state index is -0.694. The third-order valence-corrected chi connectivity index (χ3v) is 2.79. The van der Waals surface area contributed by atoms with E-state index < -0.39 is 11.7 Å². The highest BCUT2D eigenvalue weighted by Crippen LogP contribution is 2.40. The second kappa shape index (κ2) is 5.03. The predicted octanol–water partition coefficient (Wildman–Crippen LogP) is 2.61. The van der Waals surface area contributed by atoms with Crippen LogP contribution in [0, 0.1) is 5.41 Å². The molecule has 98 valence electrons. The van der Waals surface area contributed by atoms with Crippen molar-refractivity contribution >= 4 is 0 Å². The van der Waals surface area contributed by atoms with Gasteiger partial charge in [-0.15, -0.1) is 0 Å². The van der Waals surface area contributed by atoms with Gasteiger partial charge in [0.1, 0.15) is 5.60 Å². The normalized spacial score (nSPS) is 19.3. The van der Waals surface area contributed by atoms with Crippen molar-refractivity contribution in [1.29, 1.82) is 0 Å². The van der Waals surface area contributed by atoms with Gasteiger partial charge in [0, 0.05) is 7.11 Å². The highest BCUT2D eigenvalue weighted by molar-refractivity contribution is 4.98. The summed E-state index contributed by atoms with van der Waals surface area (Å²) in [6.07, 6.45) is -0.591. The molecular weight excluding hydrogens is 204 g/mol. The molecule has 2 atom stereocenters. The molecule has 0 aromatic heterocycles. The lowest BCUT2D eigenvalue weighted by Gasteiger charge is -2.49. The van der Waals surface area contributed by atoms with Gasteiger partial charge in [-0.25, -0.2) is 0 Å². The number of aliphatic hydroxyl groups excluding tert-OH is 1. The first kappa shape index (κ1) is 15.9. The maximum atomic E-state index is 10.1. The van der Waals surface area contributed by atoms with E-state index in [2.05, 4.69) is 20.8 Å². The molecule has 0 fully saturated rings. The smallest absolute Gasteiger partial charge is 0.122 e. The second-order valence-corrected chi connectivity index (χ2v) is 6.46. The summed E-state index contributed by atoms with van der Waals surface area (Å²) in [7, 11) is 1.63. The van der Waals surface area contributed by atoms with Crippen molar-refractivity contribution in [1.82, 2.24) is 0 Å².